The molecule has 174 valence electrons. The van der Waals surface area contributed by atoms with E-state index in [1.807, 2.05) is 36.4 Å². The van der Waals surface area contributed by atoms with Crippen molar-refractivity contribution >= 4 is 10.4 Å². The average Bonchev–Trinajstić information content (AvgIpc) is 2.73. The monoisotopic (exact) mass is 434 g/mol. The summed E-state index contributed by atoms with van der Waals surface area (Å²) < 4.78 is 36.6. The van der Waals surface area contributed by atoms with Crippen LogP contribution in [0, 0.1) is 0 Å². The second-order valence-electron chi connectivity index (χ2n) is 6.78. The van der Waals surface area contributed by atoms with E-state index >= 15 is 0 Å². The van der Waals surface area contributed by atoms with Crippen LogP contribution in [0.1, 0.15) is 55.4 Å². The summed E-state index contributed by atoms with van der Waals surface area (Å²) in [7, 11) is -5.17. The fraction of sp³-hybridized carbons (Fsp3) is 0.727. The van der Waals surface area contributed by atoms with E-state index in [0.717, 1.165) is 0 Å². The van der Waals surface area contributed by atoms with E-state index in [-0.39, 0.29) is 0 Å². The summed E-state index contributed by atoms with van der Waals surface area (Å²) in [6.45, 7) is 28.4. The van der Waals surface area contributed by atoms with Crippen LogP contribution in [-0.2, 0) is 10.4 Å². The van der Waals surface area contributed by atoms with Gasteiger partial charge in [0.15, 0.2) is 0 Å². The van der Waals surface area contributed by atoms with Crippen molar-refractivity contribution < 1.29 is 26.5 Å². The second-order valence-corrected chi connectivity index (χ2v) is 7.59. The third kappa shape index (κ3) is 20.1. The quantitative estimate of drug-likeness (QED) is 0.350. The molecular formula is C22H46N2O4S. The van der Waals surface area contributed by atoms with E-state index in [2.05, 4.69) is 55.4 Å². The summed E-state index contributed by atoms with van der Waals surface area (Å²) in [6, 6.07) is 12.0. The molecule has 0 unspecified atom stereocenters. The van der Waals surface area contributed by atoms with Crippen LogP contribution in [0.5, 0.6) is 0 Å². The molecule has 6 nitrogen and oxygen atoms in total. The predicted molar refractivity (Wildman–Crippen MR) is 122 cm³/mol. The van der Waals surface area contributed by atoms with Crippen molar-refractivity contribution in [3.63, 3.8) is 0 Å². The molecule has 0 bridgehead atoms. The first kappa shape index (κ1) is 32.7. The molecule has 29 heavy (non-hydrogen) atoms. The Kier molecular flexibility index (Phi) is 21.4. The first-order valence-corrected chi connectivity index (χ1v) is 12.2. The standard InChI is InChI=1S/2C8H20N.C6H6.H2O4S/c2*1-5-9(6-2,7-3)8-4;1-2-4-6-5-3-1;1-5(2,3)4/h2*5-8H2,1-4H3;1-6H;(H2,1,2,3,4)/q2*+1;;/p-2. The molecule has 0 heterocycles. The normalized spacial score (nSPS) is 11.1. The molecule has 1 aromatic carbocycles. The molecule has 0 saturated heterocycles. The van der Waals surface area contributed by atoms with E-state index in [1.54, 1.807) is 0 Å². The average molecular weight is 435 g/mol. The lowest BCUT2D eigenvalue weighted by Crippen LogP contribution is -2.47. The van der Waals surface area contributed by atoms with Gasteiger partial charge in [-0.1, -0.05) is 36.4 Å². The molecule has 0 aliphatic rings. The Balaban J connectivity index is -0.000000319. The largest absolute Gasteiger partial charge is 0.759 e. The minimum Gasteiger partial charge on any atom is -0.759 e. The Morgan fingerprint density at radius 2 is 0.586 bits per heavy atom. The smallest absolute Gasteiger partial charge is 0.0757 e. The van der Waals surface area contributed by atoms with Gasteiger partial charge in [-0.05, 0) is 55.4 Å². The summed E-state index contributed by atoms with van der Waals surface area (Å²) >= 11 is 0. The minimum atomic E-state index is -5.17. The van der Waals surface area contributed by atoms with Gasteiger partial charge in [0.2, 0.25) is 0 Å². The first-order valence-electron chi connectivity index (χ1n) is 10.9. The predicted octanol–water partition coefficient (Wildman–Crippen LogP) is 4.11. The number of benzene rings is 1. The maximum absolute atomic E-state index is 8.52. The molecule has 0 N–H and O–H groups in total. The van der Waals surface area contributed by atoms with Gasteiger partial charge in [0.05, 0.1) is 52.4 Å². The van der Waals surface area contributed by atoms with Gasteiger partial charge in [-0.3, -0.25) is 8.42 Å². The van der Waals surface area contributed by atoms with E-state index in [4.69, 9.17) is 17.5 Å². The Labute approximate surface area is 181 Å². The van der Waals surface area contributed by atoms with Crippen molar-refractivity contribution in [2.45, 2.75) is 55.4 Å². The lowest BCUT2D eigenvalue weighted by atomic mass is 10.3. The fourth-order valence-electron chi connectivity index (χ4n) is 3.07. The second kappa shape index (κ2) is 19.0. The zero-order valence-electron chi connectivity index (χ0n) is 20.1. The molecule has 7 heteroatoms. The first-order chi connectivity index (χ1) is 13.5. The van der Waals surface area contributed by atoms with Crippen molar-refractivity contribution in [2.24, 2.45) is 0 Å². The Hall–Kier alpha value is -0.990. The third-order valence-electron chi connectivity index (χ3n) is 6.03. The SMILES string of the molecule is CC[N+](CC)(CC)CC.CC[N+](CC)(CC)CC.O=S(=O)([O-])[O-].c1ccccc1. The molecular weight excluding hydrogens is 388 g/mol. The summed E-state index contributed by atoms with van der Waals surface area (Å²) in [5.74, 6) is 0. The molecule has 1 rings (SSSR count). The third-order valence-corrected chi connectivity index (χ3v) is 6.03. The van der Waals surface area contributed by atoms with Crippen molar-refractivity contribution in [3.05, 3.63) is 36.4 Å². The fourth-order valence-corrected chi connectivity index (χ4v) is 3.07. The molecule has 0 atom stereocenters. The lowest BCUT2D eigenvalue weighted by Gasteiger charge is -2.34. The summed E-state index contributed by atoms with van der Waals surface area (Å²) in [6.07, 6.45) is 0. The topological polar surface area (TPSA) is 80.3 Å². The summed E-state index contributed by atoms with van der Waals surface area (Å²) in [4.78, 5) is 0. The zero-order valence-corrected chi connectivity index (χ0v) is 20.9. The molecule has 0 saturated carbocycles. The number of hydrogen-bond acceptors (Lipinski definition) is 4. The van der Waals surface area contributed by atoms with Gasteiger partial charge in [-0.2, -0.15) is 0 Å². The Bertz CT molecular complexity index is 453. The van der Waals surface area contributed by atoms with E-state index < -0.39 is 10.4 Å². The zero-order chi connectivity index (χ0) is 23.4. The molecule has 0 aromatic heterocycles. The number of rotatable bonds is 8. The maximum atomic E-state index is 8.52. The number of hydrogen-bond donors (Lipinski definition) is 0. The summed E-state index contributed by atoms with van der Waals surface area (Å²) in [5, 5.41) is 0. The minimum absolute atomic E-state index is 1.28. The highest BCUT2D eigenvalue weighted by molar-refractivity contribution is 7.79. The number of nitrogens with zero attached hydrogens (tertiary/aromatic N) is 2. The van der Waals surface area contributed by atoms with E-state index in [9.17, 15) is 0 Å². The van der Waals surface area contributed by atoms with Crippen LogP contribution in [0.2, 0.25) is 0 Å². The number of quaternary nitrogens is 2. The lowest BCUT2D eigenvalue weighted by molar-refractivity contribution is -0.921. The molecule has 0 spiro atoms. The van der Waals surface area contributed by atoms with Gasteiger partial charge < -0.3 is 18.1 Å². The van der Waals surface area contributed by atoms with Gasteiger partial charge in [0, 0.05) is 10.4 Å². The van der Waals surface area contributed by atoms with Crippen molar-refractivity contribution in [3.8, 4) is 0 Å². The van der Waals surface area contributed by atoms with Gasteiger partial charge in [0.25, 0.3) is 0 Å². The van der Waals surface area contributed by atoms with Crippen molar-refractivity contribution in [1.29, 1.82) is 0 Å². The van der Waals surface area contributed by atoms with Crippen LogP contribution < -0.4 is 0 Å². The van der Waals surface area contributed by atoms with Crippen molar-refractivity contribution in [2.75, 3.05) is 52.4 Å². The Morgan fingerprint density at radius 1 is 0.483 bits per heavy atom. The van der Waals surface area contributed by atoms with Gasteiger partial charge >= 0.3 is 0 Å². The highest BCUT2D eigenvalue weighted by Gasteiger charge is 2.16. The van der Waals surface area contributed by atoms with Gasteiger partial charge in [-0.25, -0.2) is 0 Å². The van der Waals surface area contributed by atoms with Crippen LogP contribution in [0.15, 0.2) is 36.4 Å². The van der Waals surface area contributed by atoms with Gasteiger partial charge in [-0.15, -0.1) is 0 Å². The summed E-state index contributed by atoms with van der Waals surface area (Å²) in [5.41, 5.74) is 0. The van der Waals surface area contributed by atoms with E-state index in [0.29, 0.717) is 0 Å². The van der Waals surface area contributed by atoms with Crippen LogP contribution in [-0.4, -0.2) is 78.8 Å². The molecule has 0 aliphatic carbocycles. The molecule has 0 radical (unpaired) electrons. The molecule has 0 aliphatic heterocycles. The maximum Gasteiger partial charge on any atom is 0.0757 e. The molecule has 1 aromatic rings. The van der Waals surface area contributed by atoms with Crippen LogP contribution in [0.3, 0.4) is 0 Å². The van der Waals surface area contributed by atoms with Crippen molar-refractivity contribution in [1.82, 2.24) is 0 Å². The van der Waals surface area contributed by atoms with Gasteiger partial charge in [0.1, 0.15) is 0 Å². The Morgan fingerprint density at radius 3 is 0.621 bits per heavy atom. The molecule has 0 amide bonds. The molecule has 0 fully saturated rings. The van der Waals surface area contributed by atoms with Crippen LogP contribution in [0.25, 0.3) is 0 Å². The highest BCUT2D eigenvalue weighted by Crippen LogP contribution is 2.04. The van der Waals surface area contributed by atoms with Crippen LogP contribution >= 0.6 is 0 Å². The highest BCUT2D eigenvalue weighted by atomic mass is 32.3. The van der Waals surface area contributed by atoms with E-state index in [1.165, 1.54) is 61.3 Å². The van der Waals surface area contributed by atoms with Crippen LogP contribution in [0.4, 0.5) is 0 Å².